The molecule has 0 bridgehead atoms. The van der Waals surface area contributed by atoms with Crippen LogP contribution in [0.15, 0.2) is 0 Å². The largest absolute Gasteiger partial charge is 0.480 e. The molecule has 94 valence electrons. The van der Waals surface area contributed by atoms with E-state index in [1.807, 2.05) is 13.8 Å². The maximum Gasteiger partial charge on any atom is 0.320 e. The minimum absolute atomic E-state index is 0.0321. The zero-order valence-corrected chi connectivity index (χ0v) is 10.2. The second-order valence-corrected chi connectivity index (χ2v) is 5.23. The highest BCUT2D eigenvalue weighted by Crippen LogP contribution is 2.27. The number of nitrogens with one attached hydrogen (secondary N) is 1. The molecule has 4 heteroatoms. The van der Waals surface area contributed by atoms with Crippen LogP contribution in [0.25, 0.3) is 0 Å². The number of aliphatic hydroxyl groups is 1. The molecule has 0 aromatic heterocycles. The second kappa shape index (κ2) is 5.64. The molecule has 0 aliphatic heterocycles. The average molecular weight is 229 g/mol. The van der Waals surface area contributed by atoms with E-state index in [0.29, 0.717) is 6.54 Å². The van der Waals surface area contributed by atoms with E-state index in [1.54, 1.807) is 0 Å². The third-order valence-corrected chi connectivity index (χ3v) is 3.37. The molecule has 0 heterocycles. The van der Waals surface area contributed by atoms with Crippen molar-refractivity contribution in [3.05, 3.63) is 0 Å². The summed E-state index contributed by atoms with van der Waals surface area (Å²) in [5.41, 5.74) is -0.694. The predicted octanol–water partition coefficient (Wildman–Crippen LogP) is 1.38. The molecule has 1 atom stereocenters. The highest BCUT2D eigenvalue weighted by atomic mass is 16.4. The topological polar surface area (TPSA) is 69.6 Å². The summed E-state index contributed by atoms with van der Waals surface area (Å²) < 4.78 is 0. The summed E-state index contributed by atoms with van der Waals surface area (Å²) in [7, 11) is 0. The Kier molecular flexibility index (Phi) is 4.74. The third-order valence-electron chi connectivity index (χ3n) is 3.37. The van der Waals surface area contributed by atoms with E-state index in [9.17, 15) is 9.90 Å². The minimum atomic E-state index is -0.839. The van der Waals surface area contributed by atoms with Crippen molar-refractivity contribution in [2.24, 2.45) is 5.92 Å². The van der Waals surface area contributed by atoms with Crippen LogP contribution >= 0.6 is 0 Å². The zero-order chi connectivity index (χ0) is 12.2. The van der Waals surface area contributed by atoms with Crippen molar-refractivity contribution >= 4 is 5.97 Å². The molecule has 1 rings (SSSR count). The first-order valence-corrected chi connectivity index (χ1v) is 6.13. The van der Waals surface area contributed by atoms with Gasteiger partial charge in [-0.3, -0.25) is 4.79 Å². The number of hydrogen-bond acceptors (Lipinski definition) is 3. The number of carboxylic acids is 1. The Bertz CT molecular complexity index is 234. The first-order chi connectivity index (χ1) is 7.44. The Morgan fingerprint density at radius 3 is 2.31 bits per heavy atom. The fraction of sp³-hybridized carbons (Fsp3) is 0.917. The maximum absolute atomic E-state index is 11.0. The predicted molar refractivity (Wildman–Crippen MR) is 62.3 cm³/mol. The quantitative estimate of drug-likeness (QED) is 0.666. The van der Waals surface area contributed by atoms with Gasteiger partial charge in [0.15, 0.2) is 0 Å². The van der Waals surface area contributed by atoms with Gasteiger partial charge in [0.05, 0.1) is 5.60 Å². The summed E-state index contributed by atoms with van der Waals surface area (Å²) in [4.78, 5) is 11.0. The van der Waals surface area contributed by atoms with Crippen LogP contribution in [0, 0.1) is 5.92 Å². The lowest BCUT2D eigenvalue weighted by Gasteiger charge is -2.33. The monoisotopic (exact) mass is 229 g/mol. The lowest BCUT2D eigenvalue weighted by molar-refractivity contribution is -0.141. The maximum atomic E-state index is 11.0. The van der Waals surface area contributed by atoms with E-state index >= 15 is 0 Å². The van der Waals surface area contributed by atoms with Crippen molar-refractivity contribution in [2.45, 2.75) is 57.6 Å². The molecule has 1 saturated carbocycles. The fourth-order valence-electron chi connectivity index (χ4n) is 2.29. The van der Waals surface area contributed by atoms with Gasteiger partial charge >= 0.3 is 5.97 Å². The van der Waals surface area contributed by atoms with Crippen LogP contribution in [0.4, 0.5) is 0 Å². The summed E-state index contributed by atoms with van der Waals surface area (Å²) in [6.45, 7) is 4.13. The Balaban J connectivity index is 2.44. The van der Waals surface area contributed by atoms with Gasteiger partial charge in [-0.15, -0.1) is 0 Å². The fourth-order valence-corrected chi connectivity index (χ4v) is 2.29. The van der Waals surface area contributed by atoms with E-state index < -0.39 is 17.6 Å². The van der Waals surface area contributed by atoms with E-state index in [-0.39, 0.29) is 5.92 Å². The molecule has 0 spiro atoms. The van der Waals surface area contributed by atoms with Crippen LogP contribution < -0.4 is 5.32 Å². The summed E-state index contributed by atoms with van der Waals surface area (Å²) in [6, 6.07) is -0.564. The molecule has 1 fully saturated rings. The van der Waals surface area contributed by atoms with Crippen molar-refractivity contribution in [3.8, 4) is 0 Å². The van der Waals surface area contributed by atoms with Crippen LogP contribution in [0.5, 0.6) is 0 Å². The molecule has 0 radical (unpaired) electrons. The van der Waals surface area contributed by atoms with E-state index in [4.69, 9.17) is 5.11 Å². The molecule has 4 nitrogen and oxygen atoms in total. The molecule has 0 aromatic carbocycles. The van der Waals surface area contributed by atoms with Gasteiger partial charge in [0, 0.05) is 6.54 Å². The normalized spacial score (nSPS) is 22.0. The highest BCUT2D eigenvalue weighted by Gasteiger charge is 2.31. The van der Waals surface area contributed by atoms with Gasteiger partial charge in [0.2, 0.25) is 0 Å². The van der Waals surface area contributed by atoms with Crippen LogP contribution in [0.3, 0.4) is 0 Å². The van der Waals surface area contributed by atoms with Crippen molar-refractivity contribution in [1.82, 2.24) is 5.32 Å². The summed E-state index contributed by atoms with van der Waals surface area (Å²) in [5, 5.41) is 22.2. The smallest absolute Gasteiger partial charge is 0.320 e. The van der Waals surface area contributed by atoms with Gasteiger partial charge < -0.3 is 15.5 Å². The van der Waals surface area contributed by atoms with Crippen LogP contribution in [-0.2, 0) is 4.79 Å². The van der Waals surface area contributed by atoms with Gasteiger partial charge in [-0.05, 0) is 18.8 Å². The van der Waals surface area contributed by atoms with E-state index in [1.165, 1.54) is 6.42 Å². The number of carbonyl (C=O) groups is 1. The Morgan fingerprint density at radius 2 is 1.88 bits per heavy atom. The van der Waals surface area contributed by atoms with Gasteiger partial charge in [0.1, 0.15) is 6.04 Å². The molecule has 0 amide bonds. The van der Waals surface area contributed by atoms with Crippen LogP contribution in [0.2, 0.25) is 0 Å². The Hall–Kier alpha value is -0.610. The highest BCUT2D eigenvalue weighted by molar-refractivity contribution is 5.73. The number of carboxylic acid groups (broad SMARTS) is 1. The van der Waals surface area contributed by atoms with Crippen LogP contribution in [-0.4, -0.2) is 34.4 Å². The van der Waals surface area contributed by atoms with E-state index in [0.717, 1.165) is 25.7 Å². The molecule has 1 aliphatic carbocycles. The van der Waals surface area contributed by atoms with Gasteiger partial charge in [-0.2, -0.15) is 0 Å². The molecule has 0 aromatic rings. The van der Waals surface area contributed by atoms with Crippen LogP contribution in [0.1, 0.15) is 46.0 Å². The molecule has 1 aliphatic rings. The van der Waals surface area contributed by atoms with Crippen molar-refractivity contribution in [1.29, 1.82) is 0 Å². The van der Waals surface area contributed by atoms with Gasteiger partial charge in [0.25, 0.3) is 0 Å². The molecule has 16 heavy (non-hydrogen) atoms. The van der Waals surface area contributed by atoms with Crippen molar-refractivity contribution in [2.75, 3.05) is 6.54 Å². The van der Waals surface area contributed by atoms with E-state index in [2.05, 4.69) is 5.32 Å². The zero-order valence-electron chi connectivity index (χ0n) is 10.2. The average Bonchev–Trinajstić information content (AvgIpc) is 2.17. The summed E-state index contributed by atoms with van der Waals surface area (Å²) >= 11 is 0. The number of hydrogen-bond donors (Lipinski definition) is 3. The molecule has 1 unspecified atom stereocenters. The first-order valence-electron chi connectivity index (χ1n) is 6.13. The summed E-state index contributed by atoms with van der Waals surface area (Å²) in [5.74, 6) is -0.806. The van der Waals surface area contributed by atoms with Gasteiger partial charge in [-0.25, -0.2) is 0 Å². The number of rotatable bonds is 5. The molecular formula is C12H23NO3. The minimum Gasteiger partial charge on any atom is -0.480 e. The number of aliphatic carboxylic acids is 1. The van der Waals surface area contributed by atoms with Crippen molar-refractivity contribution < 1.29 is 15.0 Å². The van der Waals surface area contributed by atoms with Crippen molar-refractivity contribution in [3.63, 3.8) is 0 Å². The second-order valence-electron chi connectivity index (χ2n) is 5.23. The molecular weight excluding hydrogens is 206 g/mol. The van der Waals surface area contributed by atoms with Gasteiger partial charge in [-0.1, -0.05) is 33.1 Å². The SMILES string of the molecule is CC(C)C(NCC1(O)CCCCC1)C(=O)O. The lowest BCUT2D eigenvalue weighted by Crippen LogP contribution is -2.50. The standard InChI is InChI=1S/C12H23NO3/c1-9(2)10(11(14)15)13-8-12(16)6-4-3-5-7-12/h9-10,13,16H,3-8H2,1-2H3,(H,14,15). The lowest BCUT2D eigenvalue weighted by atomic mass is 9.84. The molecule has 0 saturated heterocycles. The first kappa shape index (κ1) is 13.5. The summed E-state index contributed by atoms with van der Waals surface area (Å²) in [6.07, 6.45) is 4.82. The Labute approximate surface area is 97.0 Å². The third kappa shape index (κ3) is 3.76. The Morgan fingerprint density at radius 1 is 1.31 bits per heavy atom. The molecule has 3 N–H and O–H groups in total.